The molecule has 2 N–H and O–H groups in total. The van der Waals surface area contributed by atoms with Crippen LogP contribution in [0.15, 0.2) is 23.2 Å². The van der Waals surface area contributed by atoms with Crippen molar-refractivity contribution in [2.45, 2.75) is 6.54 Å². The lowest BCUT2D eigenvalue weighted by Crippen LogP contribution is -2.02. The van der Waals surface area contributed by atoms with Gasteiger partial charge >= 0.3 is 0 Å². The summed E-state index contributed by atoms with van der Waals surface area (Å²) in [5.41, 5.74) is 2.54. The van der Waals surface area contributed by atoms with E-state index >= 15 is 0 Å². The third-order valence-corrected chi connectivity index (χ3v) is 3.20. The highest BCUT2D eigenvalue weighted by atomic mass is 35.5. The fraction of sp³-hybridized carbons (Fsp3) is 0.100. The van der Waals surface area contributed by atoms with Gasteiger partial charge < -0.3 is 10.3 Å². The Morgan fingerprint density at radius 1 is 1.41 bits per heavy atom. The van der Waals surface area contributed by atoms with E-state index in [4.69, 9.17) is 11.6 Å². The second-order valence-corrected chi connectivity index (χ2v) is 4.55. The van der Waals surface area contributed by atoms with E-state index in [1.807, 2.05) is 5.38 Å². The number of rotatable bonds is 3. The summed E-state index contributed by atoms with van der Waals surface area (Å²) < 4.78 is 0. The quantitative estimate of drug-likeness (QED) is 0.715. The lowest BCUT2D eigenvalue weighted by Gasteiger charge is -2.04. The van der Waals surface area contributed by atoms with Crippen LogP contribution in [0.4, 0.5) is 5.82 Å². The number of anilines is 1. The number of hydrogen-bond acceptors (Lipinski definition) is 5. The van der Waals surface area contributed by atoms with Gasteiger partial charge in [0.2, 0.25) is 5.28 Å². The van der Waals surface area contributed by atoms with E-state index in [-0.39, 0.29) is 5.28 Å². The largest absolute Gasteiger partial charge is 0.364 e. The Morgan fingerprint density at radius 2 is 2.35 bits per heavy atom. The van der Waals surface area contributed by atoms with E-state index < -0.39 is 0 Å². The molecule has 0 radical (unpaired) electrons. The molecular weight excluding hydrogens is 258 g/mol. The molecule has 0 atom stereocenters. The molecule has 0 aliphatic rings. The molecule has 0 aliphatic heterocycles. The van der Waals surface area contributed by atoms with Crippen LogP contribution >= 0.6 is 22.9 Å². The summed E-state index contributed by atoms with van der Waals surface area (Å²) in [5, 5.41) is 7.53. The highest BCUT2D eigenvalue weighted by Crippen LogP contribution is 2.19. The number of hydrogen-bond donors (Lipinski definition) is 2. The first kappa shape index (κ1) is 10.5. The van der Waals surface area contributed by atoms with Crippen molar-refractivity contribution in [2.24, 2.45) is 0 Å². The zero-order chi connectivity index (χ0) is 11.7. The second kappa shape index (κ2) is 4.31. The van der Waals surface area contributed by atoms with Crippen LogP contribution in [0.5, 0.6) is 0 Å². The van der Waals surface area contributed by atoms with Crippen molar-refractivity contribution in [3.05, 3.63) is 34.0 Å². The molecule has 0 fully saturated rings. The molecule has 0 unspecified atom stereocenters. The molecule has 0 saturated carbocycles. The predicted octanol–water partition coefficient (Wildman–Crippen LogP) is 2.68. The monoisotopic (exact) mass is 265 g/mol. The minimum Gasteiger partial charge on any atom is -0.364 e. The van der Waals surface area contributed by atoms with Crippen molar-refractivity contribution >= 4 is 39.9 Å². The van der Waals surface area contributed by atoms with Gasteiger partial charge in [0.1, 0.15) is 5.52 Å². The number of imidazole rings is 1. The van der Waals surface area contributed by atoms with Gasteiger partial charge in [0.05, 0.1) is 6.33 Å². The van der Waals surface area contributed by atoms with E-state index in [9.17, 15) is 0 Å². The van der Waals surface area contributed by atoms with Crippen LogP contribution in [-0.2, 0) is 6.54 Å². The summed E-state index contributed by atoms with van der Waals surface area (Å²) in [6, 6.07) is 2.06. The van der Waals surface area contributed by atoms with Gasteiger partial charge in [-0.05, 0) is 34.0 Å². The Balaban J connectivity index is 1.91. The number of nitrogens with zero attached hydrogens (tertiary/aromatic N) is 3. The van der Waals surface area contributed by atoms with Crippen LogP contribution < -0.4 is 5.32 Å². The Hall–Kier alpha value is -1.66. The predicted molar refractivity (Wildman–Crippen MR) is 68.3 cm³/mol. The van der Waals surface area contributed by atoms with E-state index in [1.165, 1.54) is 5.56 Å². The molecule has 0 bridgehead atoms. The first-order chi connectivity index (χ1) is 8.33. The summed E-state index contributed by atoms with van der Waals surface area (Å²) in [6.45, 7) is 0.699. The zero-order valence-electron chi connectivity index (χ0n) is 8.64. The summed E-state index contributed by atoms with van der Waals surface area (Å²) >= 11 is 7.49. The first-order valence-electron chi connectivity index (χ1n) is 4.94. The van der Waals surface area contributed by atoms with Crippen LogP contribution in [0.1, 0.15) is 5.56 Å². The lowest BCUT2D eigenvalue weighted by atomic mass is 10.3. The van der Waals surface area contributed by atoms with Crippen LogP contribution in [-0.4, -0.2) is 19.9 Å². The van der Waals surface area contributed by atoms with Crippen molar-refractivity contribution in [3.8, 4) is 0 Å². The van der Waals surface area contributed by atoms with Gasteiger partial charge in [-0.25, -0.2) is 4.98 Å². The van der Waals surface area contributed by atoms with Crippen molar-refractivity contribution in [1.82, 2.24) is 19.9 Å². The number of nitrogens with one attached hydrogen (secondary N) is 2. The zero-order valence-corrected chi connectivity index (χ0v) is 10.2. The number of thiophene rings is 1. The third-order valence-electron chi connectivity index (χ3n) is 2.30. The van der Waals surface area contributed by atoms with Gasteiger partial charge in [-0.2, -0.15) is 21.3 Å². The van der Waals surface area contributed by atoms with Gasteiger partial charge in [-0.3, -0.25) is 0 Å². The van der Waals surface area contributed by atoms with Crippen LogP contribution in [0.25, 0.3) is 11.2 Å². The minimum absolute atomic E-state index is 0.192. The topological polar surface area (TPSA) is 66.5 Å². The number of aromatic amines is 1. The molecule has 0 spiro atoms. The van der Waals surface area contributed by atoms with Crippen LogP contribution in [0.2, 0.25) is 5.28 Å². The van der Waals surface area contributed by atoms with Gasteiger partial charge in [0, 0.05) is 6.54 Å². The van der Waals surface area contributed by atoms with Gasteiger partial charge in [0.25, 0.3) is 0 Å². The highest BCUT2D eigenvalue weighted by Gasteiger charge is 2.08. The Morgan fingerprint density at radius 3 is 3.18 bits per heavy atom. The fourth-order valence-electron chi connectivity index (χ4n) is 1.51. The standard InChI is InChI=1S/C10H8ClN5S/c11-10-15-8(7-9(16-10)14-5-13-7)12-3-6-1-2-17-4-6/h1-2,4-5H,3H2,(H2,12,13,14,15,16). The molecule has 3 aromatic rings. The van der Waals surface area contributed by atoms with Crippen molar-refractivity contribution in [3.63, 3.8) is 0 Å². The Kier molecular flexibility index (Phi) is 2.66. The average molecular weight is 266 g/mol. The summed E-state index contributed by atoms with van der Waals surface area (Å²) in [4.78, 5) is 15.2. The van der Waals surface area contributed by atoms with E-state index in [0.717, 1.165) is 5.52 Å². The third kappa shape index (κ3) is 2.09. The van der Waals surface area contributed by atoms with Crippen molar-refractivity contribution in [1.29, 1.82) is 0 Å². The molecule has 3 aromatic heterocycles. The van der Waals surface area contributed by atoms with Crippen molar-refractivity contribution in [2.75, 3.05) is 5.32 Å². The highest BCUT2D eigenvalue weighted by molar-refractivity contribution is 7.07. The van der Waals surface area contributed by atoms with Gasteiger partial charge in [-0.1, -0.05) is 0 Å². The van der Waals surface area contributed by atoms with E-state index in [1.54, 1.807) is 17.7 Å². The molecule has 3 rings (SSSR count). The number of aromatic nitrogens is 4. The molecule has 0 aliphatic carbocycles. The SMILES string of the molecule is Clc1nc(NCc2ccsc2)c2[nH]cnc2n1. The van der Waals surface area contributed by atoms with Gasteiger partial charge in [-0.15, -0.1) is 0 Å². The van der Waals surface area contributed by atoms with E-state index in [0.29, 0.717) is 18.0 Å². The average Bonchev–Trinajstić information content (AvgIpc) is 2.95. The second-order valence-electron chi connectivity index (χ2n) is 3.43. The molecule has 17 heavy (non-hydrogen) atoms. The number of fused-ring (bicyclic) bond motifs is 1. The maximum Gasteiger partial charge on any atom is 0.226 e. The molecular formula is C10H8ClN5S. The van der Waals surface area contributed by atoms with Crippen LogP contribution in [0, 0.1) is 0 Å². The smallest absolute Gasteiger partial charge is 0.226 e. The molecule has 0 amide bonds. The number of H-pyrrole nitrogens is 1. The normalized spacial score (nSPS) is 10.9. The minimum atomic E-state index is 0.192. The molecule has 86 valence electrons. The number of halogens is 1. The van der Waals surface area contributed by atoms with Crippen molar-refractivity contribution < 1.29 is 0 Å². The molecule has 7 heteroatoms. The summed E-state index contributed by atoms with van der Waals surface area (Å²) in [6.07, 6.45) is 1.57. The lowest BCUT2D eigenvalue weighted by molar-refractivity contribution is 1.10. The summed E-state index contributed by atoms with van der Waals surface area (Å²) in [7, 11) is 0. The summed E-state index contributed by atoms with van der Waals surface area (Å²) in [5.74, 6) is 0.670. The fourth-order valence-corrected chi connectivity index (χ4v) is 2.35. The maximum absolute atomic E-state index is 5.83. The molecule has 3 heterocycles. The molecule has 5 nitrogen and oxygen atoms in total. The van der Waals surface area contributed by atoms with E-state index in [2.05, 4.69) is 36.7 Å². The Bertz CT molecular complexity index is 633. The maximum atomic E-state index is 5.83. The Labute approximate surface area is 106 Å². The van der Waals surface area contributed by atoms with Gasteiger partial charge in [0.15, 0.2) is 11.5 Å². The van der Waals surface area contributed by atoms with Crippen LogP contribution in [0.3, 0.4) is 0 Å². The first-order valence-corrected chi connectivity index (χ1v) is 6.26. The molecule has 0 aromatic carbocycles. The molecule has 0 saturated heterocycles.